The second-order valence-corrected chi connectivity index (χ2v) is 4.04. The zero-order chi connectivity index (χ0) is 11.6. The van der Waals surface area contributed by atoms with E-state index in [0.717, 1.165) is 6.07 Å². The minimum atomic E-state index is -0.649. The van der Waals surface area contributed by atoms with Crippen LogP contribution in [0.5, 0.6) is 11.5 Å². The molecule has 0 saturated carbocycles. The van der Waals surface area contributed by atoms with Crippen LogP contribution in [0.15, 0.2) is 12.1 Å². The minimum Gasteiger partial charge on any atom is -0.508 e. The quantitative estimate of drug-likeness (QED) is 0.681. The van der Waals surface area contributed by atoms with Crippen LogP contribution >= 0.6 is 0 Å². The zero-order valence-electron chi connectivity index (χ0n) is 8.65. The number of rotatable bonds is 2. The highest BCUT2D eigenvalue weighted by molar-refractivity contribution is 5.52. The van der Waals surface area contributed by atoms with Gasteiger partial charge in [0.1, 0.15) is 17.6 Å². The molecule has 0 aromatic heterocycles. The molecule has 3 N–H and O–H groups in total. The summed E-state index contributed by atoms with van der Waals surface area (Å²) in [7, 11) is 0. The number of aromatic hydroxyl groups is 2. The molecule has 0 saturated heterocycles. The summed E-state index contributed by atoms with van der Waals surface area (Å²) in [5, 5.41) is 36.8. The number of aliphatic hydroxyl groups is 1. The highest BCUT2D eigenvalue weighted by Gasteiger charge is 2.24. The molecule has 0 aliphatic carbocycles. The number of hydrogen-bond acceptors (Lipinski definition) is 4. The maximum absolute atomic E-state index is 9.60. The van der Waals surface area contributed by atoms with Gasteiger partial charge in [0.25, 0.3) is 0 Å². The van der Waals surface area contributed by atoms with Crippen molar-refractivity contribution in [2.24, 2.45) is 0 Å². The molecule has 0 aliphatic rings. The molecule has 0 heterocycles. The van der Waals surface area contributed by atoms with Crippen LogP contribution in [0.25, 0.3) is 0 Å². The molecule has 0 fully saturated rings. The van der Waals surface area contributed by atoms with Crippen LogP contribution in [0.3, 0.4) is 0 Å². The summed E-state index contributed by atoms with van der Waals surface area (Å²) < 4.78 is 0. The molecule has 4 heteroatoms. The molecule has 0 amide bonds. The first-order chi connectivity index (χ1) is 6.92. The van der Waals surface area contributed by atoms with E-state index in [1.165, 1.54) is 6.07 Å². The molecular formula is C11H13NO3. The van der Waals surface area contributed by atoms with Crippen molar-refractivity contribution < 1.29 is 15.3 Å². The lowest BCUT2D eigenvalue weighted by Gasteiger charge is -2.23. The van der Waals surface area contributed by atoms with E-state index in [2.05, 4.69) is 0 Å². The van der Waals surface area contributed by atoms with E-state index in [1.54, 1.807) is 13.8 Å². The Morgan fingerprint density at radius 2 is 1.87 bits per heavy atom. The fourth-order valence-corrected chi connectivity index (χ4v) is 1.29. The summed E-state index contributed by atoms with van der Waals surface area (Å²) >= 11 is 0. The van der Waals surface area contributed by atoms with Gasteiger partial charge in [-0.3, -0.25) is 0 Å². The van der Waals surface area contributed by atoms with Gasteiger partial charge in [-0.05, 0) is 6.07 Å². The van der Waals surface area contributed by atoms with E-state index in [0.29, 0.717) is 5.56 Å². The number of nitriles is 1. The molecule has 1 aromatic carbocycles. The summed E-state index contributed by atoms with van der Waals surface area (Å²) in [6.45, 7) is 3.32. The fraction of sp³-hybridized carbons (Fsp3) is 0.364. The van der Waals surface area contributed by atoms with Crippen LogP contribution in [0.2, 0.25) is 0 Å². The van der Waals surface area contributed by atoms with Gasteiger partial charge in [-0.2, -0.15) is 5.26 Å². The molecule has 80 valence electrons. The van der Waals surface area contributed by atoms with E-state index in [1.807, 2.05) is 6.07 Å². The van der Waals surface area contributed by atoms with Gasteiger partial charge in [0.05, 0.1) is 12.2 Å². The van der Waals surface area contributed by atoms with Crippen molar-refractivity contribution in [3.63, 3.8) is 0 Å². The third kappa shape index (κ3) is 2.03. The van der Waals surface area contributed by atoms with E-state index < -0.39 is 5.41 Å². The molecule has 4 nitrogen and oxygen atoms in total. The lowest BCUT2D eigenvalue weighted by molar-refractivity contribution is 0.215. The third-order valence-corrected chi connectivity index (χ3v) is 2.36. The number of nitrogens with zero attached hydrogens (tertiary/aromatic N) is 1. The van der Waals surface area contributed by atoms with Gasteiger partial charge in [0, 0.05) is 17.0 Å². The Labute approximate surface area is 88.0 Å². The molecule has 15 heavy (non-hydrogen) atoms. The van der Waals surface area contributed by atoms with Crippen molar-refractivity contribution in [1.29, 1.82) is 5.26 Å². The van der Waals surface area contributed by atoms with Crippen molar-refractivity contribution in [3.8, 4) is 17.6 Å². The number of aliphatic hydroxyl groups excluding tert-OH is 1. The molecule has 0 bridgehead atoms. The van der Waals surface area contributed by atoms with Crippen LogP contribution in [-0.4, -0.2) is 21.9 Å². The summed E-state index contributed by atoms with van der Waals surface area (Å²) in [6.07, 6.45) is 0. The first kappa shape index (κ1) is 11.3. The smallest absolute Gasteiger partial charge is 0.137 e. The molecule has 0 atom stereocenters. The minimum absolute atomic E-state index is 0.0873. The first-order valence-electron chi connectivity index (χ1n) is 4.50. The molecule has 1 aromatic rings. The van der Waals surface area contributed by atoms with Gasteiger partial charge in [-0.15, -0.1) is 0 Å². The topological polar surface area (TPSA) is 84.5 Å². The Hall–Kier alpha value is -1.73. The van der Waals surface area contributed by atoms with E-state index in [9.17, 15) is 10.2 Å². The van der Waals surface area contributed by atoms with E-state index in [4.69, 9.17) is 10.4 Å². The van der Waals surface area contributed by atoms with Crippen LogP contribution in [0.1, 0.15) is 25.0 Å². The molecular weight excluding hydrogens is 194 g/mol. The summed E-state index contributed by atoms with van der Waals surface area (Å²) in [4.78, 5) is 0. The number of phenolic OH excluding ortho intramolecular Hbond substituents is 2. The van der Waals surface area contributed by atoms with Crippen molar-refractivity contribution >= 4 is 0 Å². The third-order valence-electron chi connectivity index (χ3n) is 2.36. The summed E-state index contributed by atoms with van der Waals surface area (Å²) in [6, 6.07) is 4.32. The van der Waals surface area contributed by atoms with Crippen molar-refractivity contribution in [2.75, 3.05) is 6.61 Å². The number of hydrogen-bond donors (Lipinski definition) is 3. The van der Waals surface area contributed by atoms with Gasteiger partial charge in [-0.1, -0.05) is 13.8 Å². The average Bonchev–Trinajstić information content (AvgIpc) is 2.17. The second kappa shape index (κ2) is 3.79. The van der Waals surface area contributed by atoms with Crippen LogP contribution < -0.4 is 0 Å². The van der Waals surface area contributed by atoms with Gasteiger partial charge in [-0.25, -0.2) is 0 Å². The molecule has 0 radical (unpaired) electrons. The van der Waals surface area contributed by atoms with Crippen LogP contribution in [0, 0.1) is 11.3 Å². The van der Waals surface area contributed by atoms with Crippen molar-refractivity contribution in [2.45, 2.75) is 19.3 Å². The monoisotopic (exact) mass is 207 g/mol. The predicted octanol–water partition coefficient (Wildman–Crippen LogP) is 1.24. The van der Waals surface area contributed by atoms with Crippen LogP contribution in [-0.2, 0) is 5.41 Å². The standard InChI is InChI=1S/C11H13NO3/c1-11(2,6-13)8-3-7(5-12)9(14)4-10(8)15/h3-4,13-15H,6H2,1-2H3. The number of benzene rings is 1. The normalized spacial score (nSPS) is 11.1. The summed E-state index contributed by atoms with van der Waals surface area (Å²) in [5.41, 5.74) is -0.118. The lowest BCUT2D eigenvalue weighted by atomic mass is 9.84. The molecule has 0 spiro atoms. The van der Waals surface area contributed by atoms with Crippen LogP contribution in [0.4, 0.5) is 0 Å². The highest BCUT2D eigenvalue weighted by atomic mass is 16.3. The van der Waals surface area contributed by atoms with Crippen molar-refractivity contribution in [1.82, 2.24) is 0 Å². The maximum Gasteiger partial charge on any atom is 0.137 e. The Morgan fingerprint density at radius 3 is 2.33 bits per heavy atom. The second-order valence-electron chi connectivity index (χ2n) is 4.04. The molecule has 0 aliphatic heterocycles. The van der Waals surface area contributed by atoms with Gasteiger partial charge in [0.15, 0.2) is 0 Å². The Balaban J connectivity index is 3.39. The average molecular weight is 207 g/mol. The van der Waals surface area contributed by atoms with Crippen molar-refractivity contribution in [3.05, 3.63) is 23.3 Å². The Kier molecular flexibility index (Phi) is 2.87. The maximum atomic E-state index is 9.60. The summed E-state index contributed by atoms with van der Waals surface area (Å²) in [5.74, 6) is -0.377. The highest BCUT2D eigenvalue weighted by Crippen LogP contribution is 2.35. The fourth-order valence-electron chi connectivity index (χ4n) is 1.29. The van der Waals surface area contributed by atoms with E-state index in [-0.39, 0.29) is 23.7 Å². The Morgan fingerprint density at radius 1 is 1.27 bits per heavy atom. The lowest BCUT2D eigenvalue weighted by Crippen LogP contribution is -2.22. The zero-order valence-corrected chi connectivity index (χ0v) is 8.65. The SMILES string of the molecule is CC(C)(CO)c1cc(C#N)c(O)cc1O. The Bertz CT molecular complexity index is 419. The predicted molar refractivity (Wildman–Crippen MR) is 54.6 cm³/mol. The first-order valence-corrected chi connectivity index (χ1v) is 4.50. The molecule has 0 unspecified atom stereocenters. The largest absolute Gasteiger partial charge is 0.508 e. The molecule has 1 rings (SSSR count). The van der Waals surface area contributed by atoms with E-state index >= 15 is 0 Å². The van der Waals surface area contributed by atoms with Gasteiger partial charge >= 0.3 is 0 Å². The van der Waals surface area contributed by atoms with Gasteiger partial charge < -0.3 is 15.3 Å². The van der Waals surface area contributed by atoms with Gasteiger partial charge in [0.2, 0.25) is 0 Å². The number of phenols is 2.